The van der Waals surface area contributed by atoms with Crippen LogP contribution in [-0.4, -0.2) is 12.5 Å². The lowest BCUT2D eigenvalue weighted by Crippen LogP contribution is -2.12. The van der Waals surface area contributed by atoms with Crippen LogP contribution in [-0.2, 0) is 0 Å². The van der Waals surface area contributed by atoms with E-state index in [1.54, 1.807) is 38.1 Å². The Kier molecular flexibility index (Phi) is 5.07. The zero-order chi connectivity index (χ0) is 17.0. The monoisotopic (exact) mass is 312 g/mol. The minimum absolute atomic E-state index is 0.188. The number of benzene rings is 1. The SMILES string of the molecule is Cc1oc(NC(=O)c2ccc(OCC(C)C)cc2)c(C#N)c1C. The van der Waals surface area contributed by atoms with E-state index in [9.17, 15) is 4.79 Å². The Labute approximate surface area is 135 Å². The number of ether oxygens (including phenoxy) is 1. The summed E-state index contributed by atoms with van der Waals surface area (Å²) in [5, 5.41) is 11.8. The van der Waals surface area contributed by atoms with Crippen molar-refractivity contribution in [3.05, 3.63) is 46.7 Å². The Hall–Kier alpha value is -2.74. The van der Waals surface area contributed by atoms with Gasteiger partial charge in [0, 0.05) is 11.1 Å². The molecule has 0 aliphatic heterocycles. The molecule has 0 spiro atoms. The van der Waals surface area contributed by atoms with Crippen molar-refractivity contribution in [1.82, 2.24) is 0 Å². The molecule has 0 bridgehead atoms. The molecule has 0 aliphatic rings. The van der Waals surface area contributed by atoms with E-state index < -0.39 is 0 Å². The van der Waals surface area contributed by atoms with Gasteiger partial charge in [-0.05, 0) is 44.0 Å². The number of furan rings is 1. The number of carbonyl (C=O) groups excluding carboxylic acids is 1. The van der Waals surface area contributed by atoms with Gasteiger partial charge in [-0.25, -0.2) is 0 Å². The van der Waals surface area contributed by atoms with Crippen LogP contribution in [0.5, 0.6) is 5.75 Å². The van der Waals surface area contributed by atoms with E-state index in [1.165, 1.54) is 0 Å². The maximum absolute atomic E-state index is 12.3. The van der Waals surface area contributed by atoms with Gasteiger partial charge in [0.1, 0.15) is 23.1 Å². The molecule has 1 N–H and O–H groups in total. The topological polar surface area (TPSA) is 75.3 Å². The fourth-order valence-corrected chi connectivity index (χ4v) is 1.99. The standard InChI is InChI=1S/C18H20N2O3/c1-11(2)10-22-15-7-5-14(6-8-15)17(21)20-18-16(9-19)12(3)13(4)23-18/h5-8,11H,10H2,1-4H3,(H,20,21). The number of carbonyl (C=O) groups is 1. The normalized spacial score (nSPS) is 10.4. The molecule has 0 radical (unpaired) electrons. The van der Waals surface area contributed by atoms with E-state index in [0.29, 0.717) is 29.4 Å². The minimum Gasteiger partial charge on any atom is -0.493 e. The minimum atomic E-state index is -0.328. The second kappa shape index (κ2) is 7.01. The zero-order valence-electron chi connectivity index (χ0n) is 13.8. The van der Waals surface area contributed by atoms with Gasteiger partial charge in [-0.2, -0.15) is 5.26 Å². The van der Waals surface area contributed by atoms with Gasteiger partial charge in [-0.15, -0.1) is 0 Å². The highest BCUT2D eigenvalue weighted by molar-refractivity contribution is 6.04. The molecule has 1 heterocycles. The molecule has 2 aromatic rings. The van der Waals surface area contributed by atoms with Crippen molar-refractivity contribution in [1.29, 1.82) is 5.26 Å². The van der Waals surface area contributed by atoms with Crippen LogP contribution in [0.1, 0.15) is 41.1 Å². The lowest BCUT2D eigenvalue weighted by Gasteiger charge is -2.09. The number of hydrogen-bond acceptors (Lipinski definition) is 4. The predicted octanol–water partition coefficient (Wildman–Crippen LogP) is 4.06. The van der Waals surface area contributed by atoms with E-state index in [4.69, 9.17) is 14.4 Å². The molecule has 5 nitrogen and oxygen atoms in total. The second-order valence-corrected chi connectivity index (χ2v) is 5.78. The third-order valence-corrected chi connectivity index (χ3v) is 3.42. The molecule has 0 saturated heterocycles. The molecule has 23 heavy (non-hydrogen) atoms. The van der Waals surface area contributed by atoms with Crippen LogP contribution in [0, 0.1) is 31.1 Å². The molecule has 0 aliphatic carbocycles. The summed E-state index contributed by atoms with van der Waals surface area (Å²) in [6, 6.07) is 8.91. The van der Waals surface area contributed by atoms with Gasteiger partial charge in [0.25, 0.3) is 5.91 Å². The van der Waals surface area contributed by atoms with Crippen LogP contribution in [0.15, 0.2) is 28.7 Å². The maximum atomic E-state index is 12.3. The van der Waals surface area contributed by atoms with E-state index in [1.807, 2.05) is 6.07 Å². The molecule has 5 heteroatoms. The Morgan fingerprint density at radius 1 is 1.30 bits per heavy atom. The third-order valence-electron chi connectivity index (χ3n) is 3.42. The van der Waals surface area contributed by atoms with Crippen LogP contribution in [0.3, 0.4) is 0 Å². The van der Waals surface area contributed by atoms with Crippen LogP contribution in [0.2, 0.25) is 0 Å². The molecule has 0 saturated carbocycles. The molecular weight excluding hydrogens is 292 g/mol. The fourth-order valence-electron chi connectivity index (χ4n) is 1.99. The highest BCUT2D eigenvalue weighted by Crippen LogP contribution is 2.26. The van der Waals surface area contributed by atoms with Crippen molar-refractivity contribution in [3.63, 3.8) is 0 Å². The molecule has 1 amide bonds. The first-order valence-corrected chi connectivity index (χ1v) is 7.46. The zero-order valence-corrected chi connectivity index (χ0v) is 13.8. The largest absolute Gasteiger partial charge is 0.493 e. The Morgan fingerprint density at radius 3 is 2.52 bits per heavy atom. The number of amides is 1. The number of aryl methyl sites for hydroxylation is 1. The molecule has 120 valence electrons. The number of anilines is 1. The maximum Gasteiger partial charge on any atom is 0.258 e. The molecule has 0 unspecified atom stereocenters. The smallest absolute Gasteiger partial charge is 0.258 e. The summed E-state index contributed by atoms with van der Waals surface area (Å²) in [6.45, 7) is 8.31. The molecule has 1 aromatic heterocycles. The van der Waals surface area contributed by atoms with Crippen molar-refractivity contribution in [2.75, 3.05) is 11.9 Å². The summed E-state index contributed by atoms with van der Waals surface area (Å²) in [5.41, 5.74) is 1.56. The first-order valence-electron chi connectivity index (χ1n) is 7.46. The quantitative estimate of drug-likeness (QED) is 0.903. The highest BCUT2D eigenvalue weighted by Gasteiger charge is 2.17. The van der Waals surface area contributed by atoms with Crippen molar-refractivity contribution in [2.45, 2.75) is 27.7 Å². The first kappa shape index (κ1) is 16.6. The Morgan fingerprint density at radius 2 is 1.96 bits per heavy atom. The van der Waals surface area contributed by atoms with Gasteiger partial charge in [0.15, 0.2) is 0 Å². The lowest BCUT2D eigenvalue weighted by molar-refractivity contribution is 0.102. The average molecular weight is 312 g/mol. The molecule has 0 fully saturated rings. The van der Waals surface area contributed by atoms with Gasteiger partial charge >= 0.3 is 0 Å². The molecule has 0 atom stereocenters. The molecule has 2 rings (SSSR count). The third kappa shape index (κ3) is 3.92. The predicted molar refractivity (Wildman–Crippen MR) is 87.6 cm³/mol. The van der Waals surface area contributed by atoms with Gasteiger partial charge in [-0.3, -0.25) is 10.1 Å². The van der Waals surface area contributed by atoms with Crippen LogP contribution >= 0.6 is 0 Å². The number of nitrogens with one attached hydrogen (secondary N) is 1. The van der Waals surface area contributed by atoms with E-state index in [-0.39, 0.29) is 11.8 Å². The Bertz CT molecular complexity index is 737. The highest BCUT2D eigenvalue weighted by atomic mass is 16.5. The summed E-state index contributed by atoms with van der Waals surface area (Å²) < 4.78 is 11.0. The number of hydrogen-bond donors (Lipinski definition) is 1. The summed E-state index contributed by atoms with van der Waals surface area (Å²) in [5.74, 6) is 1.64. The summed E-state index contributed by atoms with van der Waals surface area (Å²) in [4.78, 5) is 12.3. The van der Waals surface area contributed by atoms with Gasteiger partial charge in [0.05, 0.1) is 6.61 Å². The summed E-state index contributed by atoms with van der Waals surface area (Å²) >= 11 is 0. The van der Waals surface area contributed by atoms with Crippen LogP contribution in [0.4, 0.5) is 5.88 Å². The first-order chi connectivity index (χ1) is 10.9. The van der Waals surface area contributed by atoms with Crippen molar-refractivity contribution in [2.24, 2.45) is 5.92 Å². The molecule has 1 aromatic carbocycles. The fraction of sp³-hybridized carbons (Fsp3) is 0.333. The van der Waals surface area contributed by atoms with Crippen LogP contribution in [0.25, 0.3) is 0 Å². The van der Waals surface area contributed by atoms with E-state index in [2.05, 4.69) is 19.2 Å². The second-order valence-electron chi connectivity index (χ2n) is 5.78. The van der Waals surface area contributed by atoms with Crippen molar-refractivity contribution < 1.29 is 13.9 Å². The number of rotatable bonds is 5. The van der Waals surface area contributed by atoms with Crippen LogP contribution < -0.4 is 10.1 Å². The van der Waals surface area contributed by atoms with Gasteiger partial charge < -0.3 is 9.15 Å². The summed E-state index contributed by atoms with van der Waals surface area (Å²) in [6.07, 6.45) is 0. The van der Waals surface area contributed by atoms with Gasteiger partial charge in [0.2, 0.25) is 5.88 Å². The number of nitrogens with zero attached hydrogens (tertiary/aromatic N) is 1. The van der Waals surface area contributed by atoms with E-state index >= 15 is 0 Å². The average Bonchev–Trinajstić information content (AvgIpc) is 2.79. The lowest BCUT2D eigenvalue weighted by atomic mass is 10.1. The number of nitriles is 1. The van der Waals surface area contributed by atoms with E-state index in [0.717, 1.165) is 11.3 Å². The van der Waals surface area contributed by atoms with Crippen molar-refractivity contribution in [3.8, 4) is 11.8 Å². The van der Waals surface area contributed by atoms with Crippen molar-refractivity contribution >= 4 is 11.8 Å². The molecular formula is C18H20N2O3. The summed E-state index contributed by atoms with van der Waals surface area (Å²) in [7, 11) is 0. The van der Waals surface area contributed by atoms with Gasteiger partial charge in [-0.1, -0.05) is 13.8 Å². The Balaban J connectivity index is 2.10.